The van der Waals surface area contributed by atoms with Crippen LogP contribution in [0.1, 0.15) is 50.2 Å². The van der Waals surface area contributed by atoms with Crippen molar-refractivity contribution in [3.63, 3.8) is 0 Å². The first-order valence-electron chi connectivity index (χ1n) is 7.03. The summed E-state index contributed by atoms with van der Waals surface area (Å²) >= 11 is 0. The fourth-order valence-electron chi connectivity index (χ4n) is 2.36. The average Bonchev–Trinajstić information content (AvgIpc) is 3.18. The molecular weight excluding hydrogens is 254 g/mol. The Labute approximate surface area is 119 Å². The summed E-state index contributed by atoms with van der Waals surface area (Å²) in [6.07, 6.45) is 0.805. The van der Waals surface area contributed by atoms with Gasteiger partial charge in [-0.3, -0.25) is 9.59 Å². The molecule has 0 saturated heterocycles. The van der Waals surface area contributed by atoms with Gasteiger partial charge in [0.05, 0.1) is 0 Å². The standard InChI is InChI=1S/C16H21NO3/c1-9(2)11-4-6-12(7-5-11)13-8-14(13)15(18)17-10(3)16(19)20/h4-7,9-10,13-14H,8H2,1-3H3,(H,17,18)(H,19,20). The number of rotatable bonds is 5. The van der Waals surface area contributed by atoms with Gasteiger partial charge in [0.15, 0.2) is 0 Å². The lowest BCUT2D eigenvalue weighted by Gasteiger charge is -2.09. The molecule has 20 heavy (non-hydrogen) atoms. The van der Waals surface area contributed by atoms with Crippen LogP contribution in [0.4, 0.5) is 0 Å². The van der Waals surface area contributed by atoms with Gasteiger partial charge in [0.25, 0.3) is 0 Å². The number of hydrogen-bond donors (Lipinski definition) is 2. The van der Waals surface area contributed by atoms with E-state index >= 15 is 0 Å². The molecule has 2 N–H and O–H groups in total. The van der Waals surface area contributed by atoms with Crippen LogP contribution in [0.15, 0.2) is 24.3 Å². The van der Waals surface area contributed by atoms with Gasteiger partial charge in [0.1, 0.15) is 6.04 Å². The van der Waals surface area contributed by atoms with Gasteiger partial charge in [-0.1, -0.05) is 38.1 Å². The van der Waals surface area contributed by atoms with Crippen molar-refractivity contribution < 1.29 is 14.7 Å². The maximum absolute atomic E-state index is 11.9. The van der Waals surface area contributed by atoms with Gasteiger partial charge in [0.2, 0.25) is 5.91 Å². The largest absolute Gasteiger partial charge is 0.480 e. The molecule has 0 radical (unpaired) electrons. The number of aliphatic carboxylic acids is 1. The summed E-state index contributed by atoms with van der Waals surface area (Å²) in [5.74, 6) is -0.507. The monoisotopic (exact) mass is 275 g/mol. The lowest BCUT2D eigenvalue weighted by atomic mass is 10.00. The van der Waals surface area contributed by atoms with E-state index in [1.807, 2.05) is 0 Å². The van der Waals surface area contributed by atoms with Crippen molar-refractivity contribution >= 4 is 11.9 Å². The van der Waals surface area contributed by atoms with Crippen LogP contribution < -0.4 is 5.32 Å². The molecule has 108 valence electrons. The Morgan fingerprint density at radius 2 is 1.80 bits per heavy atom. The molecule has 4 heteroatoms. The van der Waals surface area contributed by atoms with Gasteiger partial charge in [-0.05, 0) is 36.3 Å². The number of benzene rings is 1. The van der Waals surface area contributed by atoms with Crippen LogP contribution in [0.5, 0.6) is 0 Å². The predicted molar refractivity (Wildman–Crippen MR) is 76.6 cm³/mol. The van der Waals surface area contributed by atoms with Crippen LogP contribution >= 0.6 is 0 Å². The third kappa shape index (κ3) is 3.18. The average molecular weight is 275 g/mol. The van der Waals surface area contributed by atoms with Gasteiger partial charge in [-0.15, -0.1) is 0 Å². The minimum absolute atomic E-state index is 0.0818. The molecular formula is C16H21NO3. The second-order valence-corrected chi connectivity index (χ2v) is 5.84. The van der Waals surface area contributed by atoms with Gasteiger partial charge in [-0.2, -0.15) is 0 Å². The molecule has 1 fully saturated rings. The Hall–Kier alpha value is -1.84. The molecule has 1 saturated carbocycles. The lowest BCUT2D eigenvalue weighted by Crippen LogP contribution is -2.39. The number of carboxylic acid groups (broad SMARTS) is 1. The molecule has 0 bridgehead atoms. The van der Waals surface area contributed by atoms with Crippen molar-refractivity contribution in [3.05, 3.63) is 35.4 Å². The van der Waals surface area contributed by atoms with E-state index in [2.05, 4.69) is 43.4 Å². The van der Waals surface area contributed by atoms with E-state index in [-0.39, 0.29) is 17.7 Å². The van der Waals surface area contributed by atoms with Crippen LogP contribution in [0, 0.1) is 5.92 Å². The highest BCUT2D eigenvalue weighted by Gasteiger charge is 2.44. The summed E-state index contributed by atoms with van der Waals surface area (Å²) in [6, 6.07) is 7.54. The molecule has 0 heterocycles. The summed E-state index contributed by atoms with van der Waals surface area (Å²) in [7, 11) is 0. The van der Waals surface area contributed by atoms with E-state index in [4.69, 9.17) is 5.11 Å². The maximum atomic E-state index is 11.9. The van der Waals surface area contributed by atoms with Crippen LogP contribution in [0.25, 0.3) is 0 Å². The van der Waals surface area contributed by atoms with Crippen molar-refractivity contribution in [2.45, 2.75) is 45.1 Å². The van der Waals surface area contributed by atoms with E-state index in [9.17, 15) is 9.59 Å². The molecule has 3 atom stereocenters. The molecule has 0 aliphatic heterocycles. The van der Waals surface area contributed by atoms with Crippen molar-refractivity contribution in [1.82, 2.24) is 5.32 Å². The molecule has 1 aliphatic rings. The molecule has 0 aromatic heterocycles. The molecule has 1 amide bonds. The van der Waals surface area contributed by atoms with E-state index in [0.29, 0.717) is 5.92 Å². The van der Waals surface area contributed by atoms with Gasteiger partial charge < -0.3 is 10.4 Å². The zero-order valence-corrected chi connectivity index (χ0v) is 12.1. The molecule has 3 unspecified atom stereocenters. The highest BCUT2D eigenvalue weighted by atomic mass is 16.4. The number of amides is 1. The zero-order valence-electron chi connectivity index (χ0n) is 12.1. The molecule has 1 aromatic carbocycles. The first kappa shape index (κ1) is 14.6. The molecule has 2 rings (SSSR count). The molecule has 0 spiro atoms. The lowest BCUT2D eigenvalue weighted by molar-refractivity contribution is -0.141. The van der Waals surface area contributed by atoms with Gasteiger partial charge >= 0.3 is 5.97 Å². The van der Waals surface area contributed by atoms with Crippen LogP contribution in [-0.4, -0.2) is 23.0 Å². The van der Waals surface area contributed by atoms with E-state index < -0.39 is 12.0 Å². The predicted octanol–water partition coefficient (Wildman–Crippen LogP) is 2.50. The Morgan fingerprint density at radius 3 is 2.30 bits per heavy atom. The number of nitrogens with one attached hydrogen (secondary N) is 1. The third-order valence-electron chi connectivity index (χ3n) is 3.89. The summed E-state index contributed by atoms with van der Waals surface area (Å²) < 4.78 is 0. The van der Waals surface area contributed by atoms with Crippen molar-refractivity contribution in [3.8, 4) is 0 Å². The summed E-state index contributed by atoms with van der Waals surface area (Å²) in [5, 5.41) is 11.3. The fraction of sp³-hybridized carbons (Fsp3) is 0.500. The van der Waals surface area contributed by atoms with Gasteiger partial charge in [0, 0.05) is 5.92 Å². The highest BCUT2D eigenvalue weighted by molar-refractivity contribution is 5.87. The number of carbonyl (C=O) groups is 2. The van der Waals surface area contributed by atoms with Crippen LogP contribution in [0.3, 0.4) is 0 Å². The Kier molecular flexibility index (Phi) is 4.12. The van der Waals surface area contributed by atoms with Crippen LogP contribution in [-0.2, 0) is 9.59 Å². The Bertz CT molecular complexity index is 507. The second kappa shape index (κ2) is 5.65. The maximum Gasteiger partial charge on any atom is 0.325 e. The minimum atomic E-state index is -1.00. The van der Waals surface area contributed by atoms with Crippen molar-refractivity contribution in [2.75, 3.05) is 0 Å². The highest BCUT2D eigenvalue weighted by Crippen LogP contribution is 2.47. The van der Waals surface area contributed by atoms with E-state index in [0.717, 1.165) is 12.0 Å². The number of carbonyl (C=O) groups excluding carboxylic acids is 1. The van der Waals surface area contributed by atoms with Crippen molar-refractivity contribution in [2.24, 2.45) is 5.92 Å². The Morgan fingerprint density at radius 1 is 1.20 bits per heavy atom. The summed E-state index contributed by atoms with van der Waals surface area (Å²) in [5.41, 5.74) is 2.45. The molecule has 1 aliphatic carbocycles. The second-order valence-electron chi connectivity index (χ2n) is 5.84. The molecule has 4 nitrogen and oxygen atoms in total. The normalized spacial score (nSPS) is 22.4. The van der Waals surface area contributed by atoms with Crippen LogP contribution in [0.2, 0.25) is 0 Å². The van der Waals surface area contributed by atoms with Crippen molar-refractivity contribution in [1.29, 1.82) is 0 Å². The Balaban J connectivity index is 1.94. The summed E-state index contributed by atoms with van der Waals surface area (Å²) in [4.78, 5) is 22.6. The topological polar surface area (TPSA) is 66.4 Å². The number of hydrogen-bond acceptors (Lipinski definition) is 2. The van der Waals surface area contributed by atoms with E-state index in [1.54, 1.807) is 0 Å². The SMILES string of the molecule is CC(NC(=O)C1CC1c1ccc(C(C)C)cc1)C(=O)O. The first-order chi connectivity index (χ1) is 9.40. The zero-order chi connectivity index (χ0) is 14.9. The smallest absolute Gasteiger partial charge is 0.325 e. The quantitative estimate of drug-likeness (QED) is 0.867. The molecule has 1 aromatic rings. The first-order valence-corrected chi connectivity index (χ1v) is 7.03. The summed E-state index contributed by atoms with van der Waals surface area (Å²) in [6.45, 7) is 5.78. The minimum Gasteiger partial charge on any atom is -0.480 e. The van der Waals surface area contributed by atoms with Gasteiger partial charge in [-0.25, -0.2) is 0 Å². The van der Waals surface area contributed by atoms with E-state index in [1.165, 1.54) is 12.5 Å². The fourth-order valence-corrected chi connectivity index (χ4v) is 2.36. The number of carboxylic acids is 1. The third-order valence-corrected chi connectivity index (χ3v) is 3.89.